The van der Waals surface area contributed by atoms with Gasteiger partial charge in [0.15, 0.2) is 29.1 Å². The molecule has 12 nitrogen and oxygen atoms in total. The van der Waals surface area contributed by atoms with Crippen molar-refractivity contribution >= 4 is 16.9 Å². The third-order valence-corrected chi connectivity index (χ3v) is 5.11. The minimum Gasteiger partial charge on any atom is -0.508 e. The summed E-state index contributed by atoms with van der Waals surface area (Å²) < 4.78 is 21.5. The largest absolute Gasteiger partial charge is 0.508 e. The Hall–Kier alpha value is -4.00. The van der Waals surface area contributed by atoms with Crippen molar-refractivity contribution in [3.8, 4) is 40.1 Å². The predicted octanol–water partition coefficient (Wildman–Crippen LogP) is 0.671. The molecule has 0 amide bonds. The summed E-state index contributed by atoms with van der Waals surface area (Å²) in [6.45, 7) is 0.737. The SMILES string of the molecule is CC(=O)O[C@@H]1[C@@H](O)[C@H](Oc2cc(O)c(O)cc2-c2cc(=O)c3c(O)cc(O)cc3o2)OC[C@H]1O. The Morgan fingerprint density at radius 2 is 1.71 bits per heavy atom. The maximum Gasteiger partial charge on any atom is 0.303 e. The van der Waals surface area contributed by atoms with E-state index in [1.54, 1.807) is 0 Å². The molecule has 4 atom stereocenters. The second-order valence-corrected chi connectivity index (χ2v) is 7.60. The van der Waals surface area contributed by atoms with Crippen molar-refractivity contribution in [1.82, 2.24) is 0 Å². The molecule has 1 aromatic heterocycles. The van der Waals surface area contributed by atoms with Crippen LogP contribution in [-0.4, -0.2) is 67.8 Å². The maximum absolute atomic E-state index is 12.6. The molecule has 0 spiro atoms. The number of hydrogen-bond acceptors (Lipinski definition) is 12. The van der Waals surface area contributed by atoms with Crippen LogP contribution in [0.1, 0.15) is 6.92 Å². The van der Waals surface area contributed by atoms with E-state index in [2.05, 4.69) is 0 Å². The summed E-state index contributed by atoms with van der Waals surface area (Å²) in [5, 5.41) is 60.0. The second kappa shape index (κ2) is 8.74. The van der Waals surface area contributed by atoms with Crippen LogP contribution in [0.3, 0.4) is 0 Å². The molecule has 180 valence electrons. The average molecular weight is 476 g/mol. The number of aliphatic hydroxyl groups is 2. The molecule has 6 N–H and O–H groups in total. The Morgan fingerprint density at radius 1 is 1.00 bits per heavy atom. The van der Waals surface area contributed by atoms with Gasteiger partial charge in [-0.1, -0.05) is 0 Å². The highest BCUT2D eigenvalue weighted by atomic mass is 16.7. The summed E-state index contributed by atoms with van der Waals surface area (Å²) in [6.07, 6.45) is -5.83. The third kappa shape index (κ3) is 4.29. The molecule has 2 aromatic carbocycles. The first-order valence-corrected chi connectivity index (χ1v) is 9.93. The van der Waals surface area contributed by atoms with Gasteiger partial charge in [0.05, 0.1) is 12.2 Å². The standard InChI is InChI=1S/C22H20O12/c1-8(23)32-21-15(29)7-31-22(20(21)30)34-17-5-12(26)11(25)4-10(17)16-6-14(28)19-13(27)2-9(24)3-18(19)33-16/h2-6,15,20-22,24-27,29-30H,7H2,1H3/t15-,20-,21+,22+/m1/s1. The van der Waals surface area contributed by atoms with Crippen LogP contribution in [0.15, 0.2) is 39.5 Å². The van der Waals surface area contributed by atoms with Gasteiger partial charge in [0, 0.05) is 31.2 Å². The van der Waals surface area contributed by atoms with E-state index in [9.17, 15) is 40.2 Å². The summed E-state index contributed by atoms with van der Waals surface area (Å²) in [5.74, 6) is -3.24. The topological polar surface area (TPSA) is 196 Å². The first-order valence-electron chi connectivity index (χ1n) is 9.93. The van der Waals surface area contributed by atoms with E-state index >= 15 is 0 Å². The van der Waals surface area contributed by atoms with E-state index in [0.717, 1.165) is 37.3 Å². The van der Waals surface area contributed by atoms with Crippen LogP contribution in [0.4, 0.5) is 0 Å². The molecular formula is C22H20O12. The molecule has 0 bridgehead atoms. The molecule has 0 unspecified atom stereocenters. The number of phenols is 4. The van der Waals surface area contributed by atoms with Crippen LogP contribution >= 0.6 is 0 Å². The van der Waals surface area contributed by atoms with Gasteiger partial charge < -0.3 is 49.3 Å². The van der Waals surface area contributed by atoms with Gasteiger partial charge in [-0.25, -0.2) is 0 Å². The number of aliphatic hydroxyl groups excluding tert-OH is 2. The van der Waals surface area contributed by atoms with Crippen molar-refractivity contribution < 1.29 is 54.1 Å². The first kappa shape index (κ1) is 23.2. The third-order valence-electron chi connectivity index (χ3n) is 5.11. The van der Waals surface area contributed by atoms with E-state index in [4.69, 9.17) is 18.6 Å². The number of rotatable bonds is 4. The Balaban J connectivity index is 1.77. The van der Waals surface area contributed by atoms with Crippen molar-refractivity contribution in [3.63, 3.8) is 0 Å². The Morgan fingerprint density at radius 3 is 2.41 bits per heavy atom. The smallest absolute Gasteiger partial charge is 0.303 e. The zero-order valence-electron chi connectivity index (χ0n) is 17.5. The molecule has 4 rings (SSSR count). The normalized spacial score (nSPS) is 22.4. The summed E-state index contributed by atoms with van der Waals surface area (Å²) in [6, 6.07) is 5.04. The number of fused-ring (bicyclic) bond motifs is 1. The number of benzene rings is 2. The van der Waals surface area contributed by atoms with Gasteiger partial charge >= 0.3 is 5.97 Å². The number of phenolic OH excluding ortho intramolecular Hbond substituents is 4. The van der Waals surface area contributed by atoms with E-state index in [0.29, 0.717) is 0 Å². The minimum absolute atomic E-state index is 0.0666. The second-order valence-electron chi connectivity index (χ2n) is 7.60. The monoisotopic (exact) mass is 476 g/mol. The number of aromatic hydroxyl groups is 4. The molecule has 3 aromatic rings. The summed E-state index contributed by atoms with van der Waals surface area (Å²) in [5.41, 5.74) is -0.923. The van der Waals surface area contributed by atoms with Crippen LogP contribution in [0.2, 0.25) is 0 Å². The zero-order chi connectivity index (χ0) is 24.7. The molecule has 1 saturated heterocycles. The Bertz CT molecular complexity index is 1310. The van der Waals surface area contributed by atoms with Crippen molar-refractivity contribution in [2.45, 2.75) is 31.5 Å². The van der Waals surface area contributed by atoms with Gasteiger partial charge in [-0.15, -0.1) is 0 Å². The van der Waals surface area contributed by atoms with Crippen LogP contribution < -0.4 is 10.2 Å². The quantitative estimate of drug-likeness (QED) is 0.228. The van der Waals surface area contributed by atoms with Gasteiger partial charge in [-0.3, -0.25) is 9.59 Å². The van der Waals surface area contributed by atoms with E-state index in [-0.39, 0.29) is 40.4 Å². The molecule has 0 radical (unpaired) electrons. The molecule has 34 heavy (non-hydrogen) atoms. The highest BCUT2D eigenvalue weighted by Crippen LogP contribution is 2.41. The molecule has 0 aliphatic carbocycles. The van der Waals surface area contributed by atoms with Crippen molar-refractivity contribution in [2.24, 2.45) is 0 Å². The molecule has 2 heterocycles. The molecule has 1 fully saturated rings. The number of carbonyl (C=O) groups is 1. The Kier molecular flexibility index (Phi) is 5.96. The van der Waals surface area contributed by atoms with Crippen molar-refractivity contribution in [3.05, 3.63) is 40.6 Å². The lowest BCUT2D eigenvalue weighted by molar-refractivity contribution is -0.248. The maximum atomic E-state index is 12.6. The summed E-state index contributed by atoms with van der Waals surface area (Å²) in [4.78, 5) is 23.9. The fraction of sp³-hybridized carbons (Fsp3) is 0.273. The van der Waals surface area contributed by atoms with E-state index in [1.165, 1.54) is 0 Å². The molecular weight excluding hydrogens is 456 g/mol. The zero-order valence-corrected chi connectivity index (χ0v) is 17.5. The van der Waals surface area contributed by atoms with Crippen molar-refractivity contribution in [2.75, 3.05) is 6.61 Å². The van der Waals surface area contributed by atoms with E-state index in [1.807, 2.05) is 0 Å². The van der Waals surface area contributed by atoms with Crippen LogP contribution in [-0.2, 0) is 14.3 Å². The van der Waals surface area contributed by atoms with Gasteiger partial charge in [0.2, 0.25) is 6.29 Å². The molecule has 1 aliphatic rings. The molecule has 1 aliphatic heterocycles. The summed E-state index contributed by atoms with van der Waals surface area (Å²) >= 11 is 0. The lowest BCUT2D eigenvalue weighted by Gasteiger charge is -2.37. The number of ether oxygens (including phenoxy) is 3. The van der Waals surface area contributed by atoms with Gasteiger partial charge in [0.1, 0.15) is 40.1 Å². The fourth-order valence-electron chi connectivity index (χ4n) is 3.57. The molecule has 0 saturated carbocycles. The van der Waals surface area contributed by atoms with Crippen LogP contribution in [0.5, 0.6) is 28.7 Å². The highest BCUT2D eigenvalue weighted by Gasteiger charge is 2.42. The highest BCUT2D eigenvalue weighted by molar-refractivity contribution is 5.86. The fourth-order valence-corrected chi connectivity index (χ4v) is 3.57. The average Bonchev–Trinajstić information content (AvgIpc) is 2.74. The first-order chi connectivity index (χ1) is 16.0. The lowest BCUT2D eigenvalue weighted by Crippen LogP contribution is -2.56. The van der Waals surface area contributed by atoms with Crippen LogP contribution in [0.25, 0.3) is 22.3 Å². The summed E-state index contributed by atoms with van der Waals surface area (Å²) in [7, 11) is 0. The predicted molar refractivity (Wildman–Crippen MR) is 113 cm³/mol. The number of carbonyl (C=O) groups excluding carboxylic acids is 1. The number of hydrogen-bond donors (Lipinski definition) is 6. The Labute approximate surface area is 190 Å². The van der Waals surface area contributed by atoms with Crippen LogP contribution in [0, 0.1) is 0 Å². The van der Waals surface area contributed by atoms with Gasteiger partial charge in [0.25, 0.3) is 0 Å². The van der Waals surface area contributed by atoms with Crippen molar-refractivity contribution in [1.29, 1.82) is 0 Å². The van der Waals surface area contributed by atoms with Gasteiger partial charge in [-0.2, -0.15) is 0 Å². The minimum atomic E-state index is -1.64. The van der Waals surface area contributed by atoms with Gasteiger partial charge in [-0.05, 0) is 6.07 Å². The van der Waals surface area contributed by atoms with E-state index < -0.39 is 53.2 Å². The number of esters is 1. The molecule has 12 heteroatoms. The lowest BCUT2D eigenvalue weighted by atomic mass is 10.0.